The third-order valence-corrected chi connectivity index (χ3v) is 8.27. The molecule has 1 fully saturated rings. The molecule has 3 aliphatic rings. The van der Waals surface area contributed by atoms with Gasteiger partial charge in [-0.05, 0) is 68.4 Å². The molecule has 8 nitrogen and oxygen atoms in total. The molecule has 1 saturated carbocycles. The molecule has 3 aliphatic carbocycles. The van der Waals surface area contributed by atoms with Gasteiger partial charge >= 0.3 is 0 Å². The number of ether oxygens (including phenoxy) is 1. The minimum absolute atomic E-state index is 0.0704. The van der Waals surface area contributed by atoms with E-state index in [9.17, 15) is 29.7 Å². The number of carbonyl (C=O) groups is 3. The summed E-state index contributed by atoms with van der Waals surface area (Å²) in [4.78, 5) is 41.3. The van der Waals surface area contributed by atoms with Crippen molar-refractivity contribution in [3.05, 3.63) is 58.2 Å². The smallest absolute Gasteiger partial charge is 0.206 e. The average molecular weight is 518 g/mol. The predicted molar refractivity (Wildman–Crippen MR) is 142 cm³/mol. The van der Waals surface area contributed by atoms with Gasteiger partial charge in [-0.25, -0.2) is 0 Å². The summed E-state index contributed by atoms with van der Waals surface area (Å²) in [6.45, 7) is 2.92. The maximum Gasteiger partial charge on any atom is 0.206 e. The number of phenols is 1. The monoisotopic (exact) mass is 517 g/mol. The highest BCUT2D eigenvalue weighted by Crippen LogP contribution is 2.54. The van der Waals surface area contributed by atoms with E-state index < -0.39 is 40.5 Å². The second kappa shape index (κ2) is 8.84. The molecule has 2 aromatic carbocycles. The van der Waals surface area contributed by atoms with Crippen molar-refractivity contribution < 1.29 is 34.4 Å². The van der Waals surface area contributed by atoms with Crippen molar-refractivity contribution in [2.24, 2.45) is 11.8 Å². The summed E-state index contributed by atoms with van der Waals surface area (Å²) in [6, 6.07) is 8.94. The second-order valence-corrected chi connectivity index (χ2v) is 10.7. The van der Waals surface area contributed by atoms with Gasteiger partial charge in [-0.1, -0.05) is 17.7 Å². The Labute approximate surface area is 220 Å². The maximum atomic E-state index is 13.8. The normalized spacial score (nSPS) is 24.6. The van der Waals surface area contributed by atoms with Crippen LogP contribution < -0.4 is 9.64 Å². The van der Waals surface area contributed by atoms with E-state index in [1.165, 1.54) is 6.92 Å². The number of ketones is 3. The van der Waals surface area contributed by atoms with Crippen molar-refractivity contribution in [3.8, 4) is 22.6 Å². The lowest BCUT2D eigenvalue weighted by Gasteiger charge is -2.46. The number of hydrogen-bond acceptors (Lipinski definition) is 8. The summed E-state index contributed by atoms with van der Waals surface area (Å²) in [5.74, 6) is -3.44. The highest BCUT2D eigenvalue weighted by atomic mass is 16.5. The summed E-state index contributed by atoms with van der Waals surface area (Å²) < 4.78 is 5.23. The molecule has 0 bridgehead atoms. The Hall–Kier alpha value is -3.91. The van der Waals surface area contributed by atoms with Crippen LogP contribution in [0.1, 0.15) is 37.8 Å². The van der Waals surface area contributed by atoms with Gasteiger partial charge in [0.05, 0.1) is 18.2 Å². The van der Waals surface area contributed by atoms with Gasteiger partial charge in [-0.15, -0.1) is 0 Å². The number of methoxy groups -OCH3 is 1. The van der Waals surface area contributed by atoms with Gasteiger partial charge in [0.2, 0.25) is 11.6 Å². The number of anilines is 1. The van der Waals surface area contributed by atoms with Crippen molar-refractivity contribution in [2.45, 2.75) is 38.7 Å². The van der Waals surface area contributed by atoms with Crippen LogP contribution in [0.4, 0.5) is 5.69 Å². The summed E-state index contributed by atoms with van der Waals surface area (Å²) in [5, 5.41) is 34.5. The van der Waals surface area contributed by atoms with E-state index in [1.807, 2.05) is 25.1 Å². The van der Waals surface area contributed by atoms with E-state index in [1.54, 1.807) is 38.3 Å². The number of allylic oxidation sites excluding steroid dienone is 1. The second-order valence-electron chi connectivity index (χ2n) is 10.7. The number of fused-ring (bicyclic) bond motifs is 3. The number of aromatic hydroxyl groups is 1. The molecule has 5 rings (SSSR count). The fourth-order valence-corrected chi connectivity index (χ4v) is 6.46. The maximum absolute atomic E-state index is 13.8. The number of Topliss-reactive ketones (excluding diaryl/α,β-unsaturated/α-hetero) is 3. The van der Waals surface area contributed by atoms with Gasteiger partial charge in [0, 0.05) is 36.8 Å². The molecule has 0 radical (unpaired) electrons. The number of carbonyl (C=O) groups excluding carboxylic acids is 3. The van der Waals surface area contributed by atoms with Crippen molar-refractivity contribution in [1.82, 2.24) is 0 Å². The van der Waals surface area contributed by atoms with Crippen molar-refractivity contribution in [1.29, 1.82) is 0 Å². The van der Waals surface area contributed by atoms with E-state index in [2.05, 4.69) is 0 Å². The first-order valence-corrected chi connectivity index (χ1v) is 12.6. The van der Waals surface area contributed by atoms with E-state index in [0.29, 0.717) is 34.4 Å². The molecule has 0 saturated heterocycles. The number of aliphatic hydroxyl groups is 2. The van der Waals surface area contributed by atoms with E-state index in [-0.39, 0.29) is 35.3 Å². The Balaban J connectivity index is 1.71. The standard InChI is InChI=1S/C30H31NO7/c1-14-10-18-11-17-12-21-22(31(3)4)13-20(16-6-8-19(38-5)9-7-16)26(33)25(21)27(34)24(17)29(36)30(18,37)28(35)23(14)15(2)32/h6-9,13,17-18,33-34,37H,10-12H2,1-5H3/t17-,18-,30-/m0/s1. The van der Waals surface area contributed by atoms with E-state index >= 15 is 0 Å². The van der Waals surface area contributed by atoms with Crippen LogP contribution in [0.25, 0.3) is 16.9 Å². The van der Waals surface area contributed by atoms with Crippen LogP contribution in [0, 0.1) is 11.8 Å². The van der Waals surface area contributed by atoms with Gasteiger partial charge in [0.1, 0.15) is 17.3 Å². The lowest BCUT2D eigenvalue weighted by Crippen LogP contribution is -2.61. The summed E-state index contributed by atoms with van der Waals surface area (Å²) in [5.41, 5.74) is 0.629. The van der Waals surface area contributed by atoms with Crippen LogP contribution in [0.2, 0.25) is 0 Å². The third-order valence-electron chi connectivity index (χ3n) is 8.27. The number of nitrogens with zero attached hydrogens (tertiary/aromatic N) is 1. The molecule has 8 heteroatoms. The largest absolute Gasteiger partial charge is 0.507 e. The minimum atomic E-state index is -2.43. The quantitative estimate of drug-likeness (QED) is 0.414. The van der Waals surface area contributed by atoms with Gasteiger partial charge in [0.15, 0.2) is 11.4 Å². The SMILES string of the molecule is COc1ccc(-c2cc(N(C)C)c3c(c2O)C(O)=C2C(=O)[C@@]4(O)C(=O)C(C(C)=O)=C(C)C[C@H]4C[C@H]2C3)cc1. The fourth-order valence-electron chi connectivity index (χ4n) is 6.46. The zero-order chi connectivity index (χ0) is 27.7. The first kappa shape index (κ1) is 25.7. The molecule has 38 heavy (non-hydrogen) atoms. The lowest BCUT2D eigenvalue weighted by molar-refractivity contribution is -0.157. The molecule has 3 N–H and O–H groups in total. The summed E-state index contributed by atoms with van der Waals surface area (Å²) >= 11 is 0. The van der Waals surface area contributed by atoms with Gasteiger partial charge in [-0.3, -0.25) is 14.4 Å². The Morgan fingerprint density at radius 2 is 1.74 bits per heavy atom. The first-order chi connectivity index (χ1) is 17.9. The molecular formula is C30H31NO7. The molecule has 0 aromatic heterocycles. The molecule has 0 amide bonds. The molecule has 198 valence electrons. The minimum Gasteiger partial charge on any atom is -0.507 e. The zero-order valence-corrected chi connectivity index (χ0v) is 22.1. The van der Waals surface area contributed by atoms with Crippen LogP contribution in [-0.4, -0.2) is 59.5 Å². The van der Waals surface area contributed by atoms with Crippen molar-refractivity contribution in [2.75, 3.05) is 26.1 Å². The molecule has 0 heterocycles. The predicted octanol–water partition coefficient (Wildman–Crippen LogP) is 3.77. The molecular weight excluding hydrogens is 486 g/mol. The van der Waals surface area contributed by atoms with E-state index in [0.717, 1.165) is 5.69 Å². The Kier molecular flexibility index (Phi) is 5.98. The molecule has 3 atom stereocenters. The first-order valence-electron chi connectivity index (χ1n) is 12.6. The van der Waals surface area contributed by atoms with Crippen LogP contribution in [0.5, 0.6) is 11.5 Å². The van der Waals surface area contributed by atoms with Gasteiger partial charge in [-0.2, -0.15) is 0 Å². The van der Waals surface area contributed by atoms with Gasteiger partial charge in [0.25, 0.3) is 0 Å². The molecule has 0 unspecified atom stereocenters. The Bertz CT molecular complexity index is 1460. The number of hydrogen-bond donors (Lipinski definition) is 3. The lowest BCUT2D eigenvalue weighted by atomic mass is 9.57. The van der Waals surface area contributed by atoms with Crippen LogP contribution in [0.15, 0.2) is 47.1 Å². The topological polar surface area (TPSA) is 124 Å². The van der Waals surface area contributed by atoms with Crippen LogP contribution >= 0.6 is 0 Å². The highest BCUT2D eigenvalue weighted by Gasteiger charge is 2.60. The number of benzene rings is 2. The van der Waals surface area contributed by atoms with Crippen LogP contribution in [-0.2, 0) is 20.8 Å². The Morgan fingerprint density at radius 3 is 2.32 bits per heavy atom. The highest BCUT2D eigenvalue weighted by molar-refractivity contribution is 6.33. The molecule has 2 aromatic rings. The summed E-state index contributed by atoms with van der Waals surface area (Å²) in [6.07, 6.45) is 0.860. The van der Waals surface area contributed by atoms with E-state index in [4.69, 9.17) is 4.74 Å². The van der Waals surface area contributed by atoms with Gasteiger partial charge < -0.3 is 25.0 Å². The number of phenolic OH excluding ortho intramolecular Hbond substituents is 1. The van der Waals surface area contributed by atoms with Crippen LogP contribution in [0.3, 0.4) is 0 Å². The van der Waals surface area contributed by atoms with Crippen molar-refractivity contribution >= 4 is 28.8 Å². The fraction of sp³-hybridized carbons (Fsp3) is 0.367. The number of aliphatic hydroxyl groups excluding tert-OH is 1. The van der Waals surface area contributed by atoms with Crippen molar-refractivity contribution in [3.63, 3.8) is 0 Å². The Morgan fingerprint density at radius 1 is 1.08 bits per heavy atom. The number of rotatable bonds is 4. The summed E-state index contributed by atoms with van der Waals surface area (Å²) in [7, 11) is 5.29. The zero-order valence-electron chi connectivity index (χ0n) is 22.1. The third kappa shape index (κ3) is 3.50. The average Bonchev–Trinajstić information content (AvgIpc) is 2.86. The molecule has 0 aliphatic heterocycles. The molecule has 0 spiro atoms.